The highest BCUT2D eigenvalue weighted by molar-refractivity contribution is 5.90. The first-order valence-corrected chi connectivity index (χ1v) is 7.56. The SMILES string of the molecule is CCCC(=O)Nc1ccc(O)c(C(C)NC2CC(O)C2)c1. The molecule has 0 radical (unpaired) electrons. The number of hydrogen-bond donors (Lipinski definition) is 4. The molecule has 5 heteroatoms. The maximum Gasteiger partial charge on any atom is 0.224 e. The number of hydrogen-bond acceptors (Lipinski definition) is 4. The molecule has 1 amide bonds. The van der Waals surface area contributed by atoms with Gasteiger partial charge >= 0.3 is 0 Å². The zero-order valence-electron chi connectivity index (χ0n) is 12.6. The Bertz CT molecular complexity index is 498. The smallest absolute Gasteiger partial charge is 0.224 e. The van der Waals surface area contributed by atoms with Crippen LogP contribution in [0.2, 0.25) is 0 Å². The minimum absolute atomic E-state index is 0.0168. The van der Waals surface area contributed by atoms with Gasteiger partial charge in [-0.15, -0.1) is 0 Å². The Morgan fingerprint density at radius 2 is 2.14 bits per heavy atom. The number of phenols is 1. The van der Waals surface area contributed by atoms with Crippen molar-refractivity contribution < 1.29 is 15.0 Å². The van der Waals surface area contributed by atoms with E-state index in [1.807, 2.05) is 13.8 Å². The van der Waals surface area contributed by atoms with Crippen LogP contribution in [-0.2, 0) is 4.79 Å². The van der Waals surface area contributed by atoms with Crippen LogP contribution in [0.5, 0.6) is 5.75 Å². The van der Waals surface area contributed by atoms with Gasteiger partial charge in [0, 0.05) is 29.8 Å². The second kappa shape index (κ2) is 6.91. The van der Waals surface area contributed by atoms with E-state index in [1.54, 1.807) is 18.2 Å². The predicted molar refractivity (Wildman–Crippen MR) is 82.2 cm³/mol. The molecule has 0 bridgehead atoms. The summed E-state index contributed by atoms with van der Waals surface area (Å²) in [4.78, 5) is 11.6. The molecule has 5 nitrogen and oxygen atoms in total. The van der Waals surface area contributed by atoms with Crippen molar-refractivity contribution in [3.8, 4) is 5.75 Å². The number of carbonyl (C=O) groups is 1. The summed E-state index contributed by atoms with van der Waals surface area (Å²) in [5.74, 6) is 0.195. The molecule has 0 aromatic heterocycles. The molecule has 1 atom stereocenters. The molecule has 1 aliphatic carbocycles. The summed E-state index contributed by atoms with van der Waals surface area (Å²) in [6, 6.07) is 5.35. The van der Waals surface area contributed by atoms with E-state index >= 15 is 0 Å². The van der Waals surface area contributed by atoms with Gasteiger partial charge in [-0.2, -0.15) is 0 Å². The summed E-state index contributed by atoms with van der Waals surface area (Å²) >= 11 is 0. The molecule has 116 valence electrons. The number of amides is 1. The first-order valence-electron chi connectivity index (χ1n) is 7.56. The van der Waals surface area contributed by atoms with Gasteiger partial charge in [0.25, 0.3) is 0 Å². The number of aliphatic hydroxyl groups excluding tert-OH is 1. The van der Waals surface area contributed by atoms with Crippen molar-refractivity contribution >= 4 is 11.6 Å². The van der Waals surface area contributed by atoms with Crippen molar-refractivity contribution in [3.05, 3.63) is 23.8 Å². The summed E-state index contributed by atoms with van der Waals surface area (Å²) in [7, 11) is 0. The zero-order valence-corrected chi connectivity index (χ0v) is 12.6. The molecular weight excluding hydrogens is 268 g/mol. The van der Waals surface area contributed by atoms with Gasteiger partial charge < -0.3 is 20.8 Å². The summed E-state index contributed by atoms with van der Waals surface area (Å²) in [6.07, 6.45) is 2.58. The van der Waals surface area contributed by atoms with Crippen LogP contribution in [0, 0.1) is 0 Å². The van der Waals surface area contributed by atoms with E-state index < -0.39 is 0 Å². The molecule has 1 fully saturated rings. The largest absolute Gasteiger partial charge is 0.508 e. The standard InChI is InChI=1S/C16H24N2O3/c1-3-4-16(21)18-11-5-6-15(20)14(9-11)10(2)17-12-7-13(19)8-12/h5-6,9-10,12-13,17,19-20H,3-4,7-8H2,1-2H3,(H,18,21). The van der Waals surface area contributed by atoms with E-state index in [2.05, 4.69) is 10.6 Å². The molecule has 21 heavy (non-hydrogen) atoms. The Kier molecular flexibility index (Phi) is 5.20. The molecule has 1 aromatic rings. The lowest BCUT2D eigenvalue weighted by molar-refractivity contribution is -0.116. The Balaban J connectivity index is 2.02. The first kappa shape index (κ1) is 15.8. The molecule has 4 N–H and O–H groups in total. The second-order valence-corrected chi connectivity index (χ2v) is 5.78. The lowest BCUT2D eigenvalue weighted by Gasteiger charge is -2.34. The molecule has 1 aromatic carbocycles. The van der Waals surface area contributed by atoms with E-state index in [0.717, 1.165) is 24.8 Å². The monoisotopic (exact) mass is 292 g/mol. The zero-order chi connectivity index (χ0) is 15.4. The van der Waals surface area contributed by atoms with Crippen LogP contribution in [0.4, 0.5) is 5.69 Å². The lowest BCUT2D eigenvalue weighted by Crippen LogP contribution is -2.45. The highest BCUT2D eigenvalue weighted by Crippen LogP contribution is 2.30. The molecule has 0 heterocycles. The van der Waals surface area contributed by atoms with Crippen molar-refractivity contribution in [1.29, 1.82) is 0 Å². The number of aliphatic hydroxyl groups is 1. The number of carbonyl (C=O) groups excluding carboxylic acids is 1. The third-order valence-electron chi connectivity index (χ3n) is 3.85. The Morgan fingerprint density at radius 1 is 1.43 bits per heavy atom. The van der Waals surface area contributed by atoms with Crippen molar-refractivity contribution in [2.45, 2.75) is 57.7 Å². The van der Waals surface area contributed by atoms with Gasteiger partial charge in [0.1, 0.15) is 5.75 Å². The quantitative estimate of drug-likeness (QED) is 0.606. The molecule has 0 spiro atoms. The highest BCUT2D eigenvalue weighted by Gasteiger charge is 2.28. The van der Waals surface area contributed by atoms with E-state index in [4.69, 9.17) is 0 Å². The van der Waals surface area contributed by atoms with Crippen LogP contribution in [0.3, 0.4) is 0 Å². The van der Waals surface area contributed by atoms with Crippen molar-refractivity contribution in [3.63, 3.8) is 0 Å². The van der Waals surface area contributed by atoms with Gasteiger partial charge in [-0.05, 0) is 44.4 Å². The molecular formula is C16H24N2O3. The normalized spacial score (nSPS) is 22.4. The maximum atomic E-state index is 11.6. The topological polar surface area (TPSA) is 81.6 Å². The van der Waals surface area contributed by atoms with Crippen molar-refractivity contribution in [2.24, 2.45) is 0 Å². The minimum Gasteiger partial charge on any atom is -0.508 e. The van der Waals surface area contributed by atoms with Gasteiger partial charge in [-0.1, -0.05) is 6.92 Å². The Morgan fingerprint density at radius 3 is 2.76 bits per heavy atom. The third kappa shape index (κ3) is 4.19. The first-order chi connectivity index (χ1) is 9.99. The molecule has 0 aliphatic heterocycles. The number of phenolic OH excluding ortho intramolecular Hbond substituents is 1. The van der Waals surface area contributed by atoms with Crippen LogP contribution in [0.25, 0.3) is 0 Å². The van der Waals surface area contributed by atoms with Gasteiger partial charge in [0.15, 0.2) is 0 Å². The van der Waals surface area contributed by atoms with Gasteiger partial charge in [-0.3, -0.25) is 4.79 Å². The fourth-order valence-electron chi connectivity index (χ4n) is 2.60. The lowest BCUT2D eigenvalue weighted by atomic mass is 9.88. The summed E-state index contributed by atoms with van der Waals surface area (Å²) in [5, 5.41) is 25.5. The van der Waals surface area contributed by atoms with Gasteiger partial charge in [0.2, 0.25) is 5.91 Å². The van der Waals surface area contributed by atoms with E-state index in [0.29, 0.717) is 12.1 Å². The van der Waals surface area contributed by atoms with Gasteiger partial charge in [-0.25, -0.2) is 0 Å². The minimum atomic E-state index is -0.206. The molecule has 1 unspecified atom stereocenters. The van der Waals surface area contributed by atoms with Crippen molar-refractivity contribution in [2.75, 3.05) is 5.32 Å². The molecule has 2 rings (SSSR count). The summed E-state index contributed by atoms with van der Waals surface area (Å²) in [5.41, 5.74) is 1.45. The average molecular weight is 292 g/mol. The predicted octanol–water partition coefficient (Wildman–Crippen LogP) is 2.30. The fraction of sp³-hybridized carbons (Fsp3) is 0.562. The summed E-state index contributed by atoms with van der Waals surface area (Å²) in [6.45, 7) is 3.93. The number of rotatable bonds is 6. The van der Waals surface area contributed by atoms with Crippen LogP contribution in [0.15, 0.2) is 18.2 Å². The maximum absolute atomic E-state index is 11.6. The Labute approximate surface area is 125 Å². The third-order valence-corrected chi connectivity index (χ3v) is 3.85. The van der Waals surface area contributed by atoms with Crippen LogP contribution in [0.1, 0.15) is 51.1 Å². The highest BCUT2D eigenvalue weighted by atomic mass is 16.3. The number of anilines is 1. The summed E-state index contributed by atoms with van der Waals surface area (Å²) < 4.78 is 0. The number of aromatic hydroxyl groups is 1. The van der Waals surface area contributed by atoms with Crippen molar-refractivity contribution in [1.82, 2.24) is 5.32 Å². The van der Waals surface area contributed by atoms with E-state index in [1.165, 1.54) is 0 Å². The van der Waals surface area contributed by atoms with Gasteiger partial charge in [0.05, 0.1) is 6.10 Å². The second-order valence-electron chi connectivity index (χ2n) is 5.78. The molecule has 1 saturated carbocycles. The average Bonchev–Trinajstić information content (AvgIpc) is 2.39. The van der Waals surface area contributed by atoms with Crippen LogP contribution < -0.4 is 10.6 Å². The van der Waals surface area contributed by atoms with E-state index in [9.17, 15) is 15.0 Å². The van der Waals surface area contributed by atoms with Crippen LogP contribution >= 0.6 is 0 Å². The van der Waals surface area contributed by atoms with E-state index in [-0.39, 0.29) is 29.8 Å². The molecule has 1 aliphatic rings. The molecule has 0 saturated heterocycles. The number of benzene rings is 1. The Hall–Kier alpha value is -1.59. The number of nitrogens with one attached hydrogen (secondary N) is 2. The fourth-order valence-corrected chi connectivity index (χ4v) is 2.60. The van der Waals surface area contributed by atoms with Crippen LogP contribution in [-0.4, -0.2) is 28.3 Å².